The Kier molecular flexibility index (Phi) is 1.42. The van der Waals surface area contributed by atoms with Crippen LogP contribution in [0.4, 0.5) is 11.5 Å². The van der Waals surface area contributed by atoms with Gasteiger partial charge in [-0.1, -0.05) is 0 Å². The van der Waals surface area contributed by atoms with E-state index in [-0.39, 0.29) is 0 Å². The molecule has 0 aliphatic carbocycles. The van der Waals surface area contributed by atoms with Gasteiger partial charge in [0, 0.05) is 18.6 Å². The van der Waals surface area contributed by atoms with E-state index in [0.29, 0.717) is 11.5 Å². The molecule has 5 nitrogen and oxygen atoms in total. The molecule has 13 heavy (non-hydrogen) atoms. The van der Waals surface area contributed by atoms with Gasteiger partial charge in [-0.25, -0.2) is 0 Å². The molecule has 0 aliphatic rings. The van der Waals surface area contributed by atoms with Gasteiger partial charge in [0.05, 0.1) is 5.69 Å². The molecule has 2 aromatic heterocycles. The number of fused-ring (bicyclic) bond motifs is 1. The van der Waals surface area contributed by atoms with Gasteiger partial charge in [0.15, 0.2) is 5.65 Å². The van der Waals surface area contributed by atoms with Crippen molar-refractivity contribution in [2.45, 2.75) is 0 Å². The molecule has 0 unspecified atom stereocenters. The third-order valence-electron chi connectivity index (χ3n) is 2.27. The van der Waals surface area contributed by atoms with Gasteiger partial charge in [0.2, 0.25) is 0 Å². The Bertz CT molecular complexity index is 454. The van der Waals surface area contributed by atoms with Gasteiger partial charge in [0.25, 0.3) is 0 Å². The molecule has 0 spiro atoms. The van der Waals surface area contributed by atoms with E-state index in [9.17, 15) is 0 Å². The molecule has 0 saturated heterocycles. The fourth-order valence-corrected chi connectivity index (χ4v) is 1.52. The van der Waals surface area contributed by atoms with Gasteiger partial charge >= 0.3 is 0 Å². The number of nitrogens with zero attached hydrogens (tertiary/aromatic N) is 2. The summed E-state index contributed by atoms with van der Waals surface area (Å²) < 4.78 is 3.43. The molecule has 0 radical (unpaired) electrons. The summed E-state index contributed by atoms with van der Waals surface area (Å²) >= 11 is 0. The van der Waals surface area contributed by atoms with Crippen LogP contribution >= 0.6 is 0 Å². The average Bonchev–Trinajstić information content (AvgIpc) is 2.64. The van der Waals surface area contributed by atoms with Crippen LogP contribution in [0.2, 0.25) is 0 Å². The number of anilines is 2. The lowest BCUT2D eigenvalue weighted by atomic mass is 10.3. The number of aryl methyl sites for hydroxylation is 1. The summed E-state index contributed by atoms with van der Waals surface area (Å²) in [7, 11) is 3.45. The van der Waals surface area contributed by atoms with Gasteiger partial charge in [-0.15, -0.1) is 0 Å². The monoisotopic (exact) mass is 180 g/mol. The topological polar surface area (TPSA) is 71.1 Å². The summed E-state index contributed by atoms with van der Waals surface area (Å²) in [6.07, 6.45) is 1.81. The van der Waals surface area contributed by atoms with Crippen molar-refractivity contribution in [1.29, 1.82) is 0 Å². The summed E-state index contributed by atoms with van der Waals surface area (Å²) in [4.78, 5) is 5.10. The first kappa shape index (κ1) is 7.85. The lowest BCUT2D eigenvalue weighted by molar-refractivity contribution is 0.176. The Labute approximate surface area is 75.4 Å². The van der Waals surface area contributed by atoms with Crippen LogP contribution in [0.5, 0.6) is 0 Å². The SMILES string of the molecule is COn1ccc2c(N)c(N)n(C)c21. The highest BCUT2D eigenvalue weighted by Crippen LogP contribution is 2.29. The zero-order valence-corrected chi connectivity index (χ0v) is 7.61. The first-order valence-electron chi connectivity index (χ1n) is 3.92. The lowest BCUT2D eigenvalue weighted by Gasteiger charge is -2.03. The Morgan fingerprint density at radius 1 is 1.38 bits per heavy atom. The fourth-order valence-electron chi connectivity index (χ4n) is 1.52. The smallest absolute Gasteiger partial charge is 0.159 e. The summed E-state index contributed by atoms with van der Waals surface area (Å²) in [5, 5.41) is 0.918. The average molecular weight is 180 g/mol. The molecular weight excluding hydrogens is 168 g/mol. The van der Waals surface area contributed by atoms with Gasteiger partial charge in [0.1, 0.15) is 12.9 Å². The number of nitrogen functional groups attached to an aromatic ring is 2. The number of hydrogen-bond donors (Lipinski definition) is 2. The first-order chi connectivity index (χ1) is 6.16. The van der Waals surface area contributed by atoms with Gasteiger partial charge in [-0.3, -0.25) is 0 Å². The van der Waals surface area contributed by atoms with Gasteiger partial charge in [-0.2, -0.15) is 4.73 Å². The number of hydrogen-bond acceptors (Lipinski definition) is 3. The van der Waals surface area contributed by atoms with Crippen LogP contribution in [0, 0.1) is 0 Å². The molecule has 0 amide bonds. The quantitative estimate of drug-likeness (QED) is 0.658. The van der Waals surface area contributed by atoms with Gasteiger partial charge in [-0.05, 0) is 6.07 Å². The zero-order chi connectivity index (χ0) is 9.59. The highest BCUT2D eigenvalue weighted by atomic mass is 16.6. The molecule has 70 valence electrons. The summed E-state index contributed by atoms with van der Waals surface area (Å²) in [5.74, 6) is 0.566. The molecule has 0 aromatic carbocycles. The second-order valence-corrected chi connectivity index (χ2v) is 2.92. The van der Waals surface area contributed by atoms with E-state index >= 15 is 0 Å². The maximum Gasteiger partial charge on any atom is 0.159 e. The van der Waals surface area contributed by atoms with Crippen molar-refractivity contribution in [2.24, 2.45) is 7.05 Å². The van der Waals surface area contributed by atoms with E-state index in [4.69, 9.17) is 16.3 Å². The molecule has 4 N–H and O–H groups in total. The van der Waals surface area contributed by atoms with E-state index in [1.807, 2.05) is 13.1 Å². The van der Waals surface area contributed by atoms with E-state index in [1.54, 1.807) is 22.6 Å². The highest BCUT2D eigenvalue weighted by molar-refractivity contribution is 5.97. The molecule has 0 bridgehead atoms. The van der Waals surface area contributed by atoms with Crippen LogP contribution in [-0.2, 0) is 7.05 Å². The Morgan fingerprint density at radius 3 is 2.69 bits per heavy atom. The highest BCUT2D eigenvalue weighted by Gasteiger charge is 2.13. The Balaban J connectivity index is 2.89. The van der Waals surface area contributed by atoms with Crippen molar-refractivity contribution in [1.82, 2.24) is 9.30 Å². The van der Waals surface area contributed by atoms with Crippen molar-refractivity contribution in [3.63, 3.8) is 0 Å². The standard InChI is InChI=1S/C8H12N4O/c1-11-7(10)6(9)5-3-4-12(13-2)8(5)11/h3-4H,9-10H2,1-2H3. The minimum Gasteiger partial charge on any atom is -0.416 e. The number of nitrogens with two attached hydrogens (primary N) is 2. The third kappa shape index (κ3) is 0.809. The summed E-state index contributed by atoms with van der Waals surface area (Å²) in [6.45, 7) is 0. The minimum absolute atomic E-state index is 0.566. The number of rotatable bonds is 1. The van der Waals surface area contributed by atoms with Crippen molar-refractivity contribution in [2.75, 3.05) is 18.6 Å². The molecule has 2 heterocycles. The number of aromatic nitrogens is 2. The van der Waals surface area contributed by atoms with Crippen molar-refractivity contribution in [3.8, 4) is 0 Å². The Hall–Kier alpha value is -1.78. The van der Waals surface area contributed by atoms with Crippen LogP contribution in [0.15, 0.2) is 12.3 Å². The van der Waals surface area contributed by atoms with Crippen molar-refractivity contribution < 1.29 is 4.84 Å². The fraction of sp³-hybridized carbons (Fsp3) is 0.250. The van der Waals surface area contributed by atoms with E-state index in [1.165, 1.54) is 0 Å². The normalized spacial score (nSPS) is 10.9. The summed E-state index contributed by atoms with van der Waals surface area (Å²) in [5.41, 5.74) is 13.0. The maximum atomic E-state index is 5.79. The molecule has 0 fully saturated rings. The maximum absolute atomic E-state index is 5.79. The molecule has 0 aliphatic heterocycles. The Morgan fingerprint density at radius 2 is 2.08 bits per heavy atom. The van der Waals surface area contributed by atoms with Crippen molar-refractivity contribution in [3.05, 3.63) is 12.3 Å². The second-order valence-electron chi connectivity index (χ2n) is 2.92. The van der Waals surface area contributed by atoms with E-state index < -0.39 is 0 Å². The molecule has 2 rings (SSSR count). The van der Waals surface area contributed by atoms with Crippen molar-refractivity contribution >= 4 is 22.5 Å². The molecular formula is C8H12N4O. The van der Waals surface area contributed by atoms with Crippen LogP contribution in [0.1, 0.15) is 0 Å². The van der Waals surface area contributed by atoms with E-state index in [0.717, 1.165) is 11.0 Å². The molecule has 0 saturated carbocycles. The third-order valence-corrected chi connectivity index (χ3v) is 2.27. The van der Waals surface area contributed by atoms with Gasteiger partial charge < -0.3 is 20.9 Å². The molecule has 0 atom stereocenters. The van der Waals surface area contributed by atoms with Crippen LogP contribution < -0.4 is 16.3 Å². The predicted molar refractivity (Wildman–Crippen MR) is 52.2 cm³/mol. The zero-order valence-electron chi connectivity index (χ0n) is 7.61. The van der Waals surface area contributed by atoms with E-state index in [2.05, 4.69) is 0 Å². The lowest BCUT2D eigenvalue weighted by Crippen LogP contribution is -2.07. The predicted octanol–water partition coefficient (Wildman–Crippen LogP) is 0.203. The minimum atomic E-state index is 0.566. The van der Waals surface area contributed by atoms with Crippen LogP contribution in [-0.4, -0.2) is 16.4 Å². The second kappa shape index (κ2) is 2.35. The van der Waals surface area contributed by atoms with Crippen LogP contribution in [0.3, 0.4) is 0 Å². The van der Waals surface area contributed by atoms with Crippen LogP contribution in [0.25, 0.3) is 11.0 Å². The summed E-state index contributed by atoms with van der Waals surface area (Å²) in [6, 6.07) is 1.88. The molecule has 5 heteroatoms. The first-order valence-corrected chi connectivity index (χ1v) is 3.92. The largest absolute Gasteiger partial charge is 0.416 e. The molecule has 2 aromatic rings.